The first-order valence-corrected chi connectivity index (χ1v) is 10.6. The van der Waals surface area contributed by atoms with E-state index in [-0.39, 0.29) is 24.2 Å². The van der Waals surface area contributed by atoms with Gasteiger partial charge in [-0.2, -0.15) is 0 Å². The number of benzene rings is 1. The molecule has 1 aliphatic heterocycles. The number of hydrogen-bond acceptors (Lipinski definition) is 5. The molecule has 140 valence electrons. The van der Waals surface area contributed by atoms with Crippen LogP contribution in [0.1, 0.15) is 32.1 Å². The van der Waals surface area contributed by atoms with Crippen molar-refractivity contribution in [2.45, 2.75) is 38.1 Å². The van der Waals surface area contributed by atoms with Gasteiger partial charge in [0.1, 0.15) is 0 Å². The lowest BCUT2D eigenvalue weighted by molar-refractivity contribution is -0.153. The number of carbonyl (C=O) groups is 2. The predicted molar refractivity (Wildman–Crippen MR) is 98.2 cm³/mol. The molecule has 1 saturated carbocycles. The maximum atomic E-state index is 12.7. The van der Waals surface area contributed by atoms with E-state index in [2.05, 4.69) is 0 Å². The molecule has 6 nitrogen and oxygen atoms in total. The molecule has 3 rings (SSSR count). The van der Waals surface area contributed by atoms with Gasteiger partial charge in [0.2, 0.25) is 0 Å². The van der Waals surface area contributed by atoms with E-state index in [1.54, 1.807) is 24.3 Å². The molecule has 0 radical (unpaired) electrons. The van der Waals surface area contributed by atoms with Crippen LogP contribution >= 0.6 is 0 Å². The van der Waals surface area contributed by atoms with Crippen molar-refractivity contribution in [3.63, 3.8) is 0 Å². The highest BCUT2D eigenvalue weighted by Gasteiger charge is 2.32. The van der Waals surface area contributed by atoms with E-state index in [9.17, 15) is 18.0 Å². The maximum absolute atomic E-state index is 12.7. The second kappa shape index (κ2) is 8.03. The van der Waals surface area contributed by atoms with Gasteiger partial charge in [0.25, 0.3) is 5.91 Å². The van der Waals surface area contributed by atoms with Crippen LogP contribution in [0.3, 0.4) is 0 Å². The Kier molecular flexibility index (Phi) is 5.76. The molecule has 0 spiro atoms. The molecule has 1 atom stereocenters. The van der Waals surface area contributed by atoms with E-state index in [0.717, 1.165) is 37.5 Å². The summed E-state index contributed by atoms with van der Waals surface area (Å²) in [6.45, 7) is -0.380. The van der Waals surface area contributed by atoms with E-state index in [1.807, 2.05) is 6.07 Å². The summed E-state index contributed by atoms with van der Waals surface area (Å²) in [5.74, 6) is -1.05. The van der Waals surface area contributed by atoms with Gasteiger partial charge < -0.3 is 9.64 Å². The number of esters is 1. The first-order chi connectivity index (χ1) is 12.5. The number of nitrogens with zero attached hydrogens (tertiary/aromatic N) is 1. The number of para-hydroxylation sites is 1. The fourth-order valence-electron chi connectivity index (χ4n) is 3.49. The van der Waals surface area contributed by atoms with Gasteiger partial charge in [-0.05, 0) is 31.1 Å². The summed E-state index contributed by atoms with van der Waals surface area (Å²) in [7, 11) is -3.31. The number of rotatable bonds is 5. The minimum absolute atomic E-state index is 0.131. The van der Waals surface area contributed by atoms with Crippen molar-refractivity contribution in [3.8, 4) is 0 Å². The van der Waals surface area contributed by atoms with Crippen LogP contribution in [0.4, 0.5) is 5.69 Å². The van der Waals surface area contributed by atoms with Gasteiger partial charge in [0.05, 0.1) is 17.7 Å². The Balaban J connectivity index is 1.69. The summed E-state index contributed by atoms with van der Waals surface area (Å²) < 4.78 is 28.8. The molecule has 0 N–H and O–H groups in total. The molecule has 26 heavy (non-hydrogen) atoms. The van der Waals surface area contributed by atoms with Crippen molar-refractivity contribution in [2.24, 2.45) is 5.92 Å². The van der Waals surface area contributed by atoms with Crippen molar-refractivity contribution in [1.82, 2.24) is 0 Å². The highest BCUT2D eigenvalue weighted by atomic mass is 32.2. The third-order valence-corrected chi connectivity index (χ3v) is 6.20. The maximum Gasteiger partial charge on any atom is 0.309 e. The molecule has 0 unspecified atom stereocenters. The van der Waals surface area contributed by atoms with Crippen LogP contribution in [-0.2, 0) is 24.2 Å². The first kappa shape index (κ1) is 18.6. The molecule has 2 aliphatic rings. The predicted octanol–water partition coefficient (Wildman–Crippen LogP) is 2.45. The lowest BCUT2D eigenvalue weighted by Gasteiger charge is -2.28. The summed E-state index contributed by atoms with van der Waals surface area (Å²) >= 11 is 0. The first-order valence-electron chi connectivity index (χ1n) is 8.91. The van der Waals surface area contributed by atoms with Crippen molar-refractivity contribution in [3.05, 3.63) is 41.8 Å². The zero-order chi connectivity index (χ0) is 18.6. The molecule has 1 aromatic rings. The largest absolute Gasteiger partial charge is 0.455 e. The molecule has 1 fully saturated rings. The van der Waals surface area contributed by atoms with Crippen LogP contribution in [0.25, 0.3) is 0 Å². The van der Waals surface area contributed by atoms with Gasteiger partial charge in [0.15, 0.2) is 16.4 Å². The van der Waals surface area contributed by atoms with Crippen molar-refractivity contribution >= 4 is 27.4 Å². The fraction of sp³-hybridized carbons (Fsp3) is 0.474. The Morgan fingerprint density at radius 3 is 2.38 bits per heavy atom. The summed E-state index contributed by atoms with van der Waals surface area (Å²) in [6, 6.07) is 8.24. The number of hydrogen-bond donors (Lipinski definition) is 0. The van der Waals surface area contributed by atoms with Crippen molar-refractivity contribution in [2.75, 3.05) is 17.3 Å². The third kappa shape index (κ3) is 4.52. The molecule has 0 aromatic heterocycles. The standard InChI is InChI=1S/C19H23NO5S/c21-18(13-25-19(22)15-7-3-1-4-8-15)20(16-9-5-2-6-10-16)17-11-12-26(23,24)14-17/h2,5-6,9-12,15,17H,1,3-4,7-8,13-14H2/t17-/m1/s1. The fourth-order valence-corrected chi connectivity index (χ4v) is 4.76. The SMILES string of the molecule is O=C(OCC(=O)N(c1ccccc1)[C@@H]1C=CS(=O)(=O)C1)C1CCCCC1. The Morgan fingerprint density at radius 1 is 1.08 bits per heavy atom. The molecule has 1 aliphatic carbocycles. The van der Waals surface area contributed by atoms with E-state index >= 15 is 0 Å². The Morgan fingerprint density at radius 2 is 1.77 bits per heavy atom. The average molecular weight is 377 g/mol. The van der Waals surface area contributed by atoms with Gasteiger partial charge in [-0.1, -0.05) is 37.5 Å². The second-order valence-corrected chi connectivity index (χ2v) is 8.70. The van der Waals surface area contributed by atoms with E-state index in [0.29, 0.717) is 5.69 Å². The summed E-state index contributed by atoms with van der Waals surface area (Å²) in [4.78, 5) is 26.3. The van der Waals surface area contributed by atoms with Gasteiger partial charge in [-0.25, -0.2) is 8.42 Å². The number of sulfone groups is 1. The molecule has 1 amide bonds. The highest BCUT2D eigenvalue weighted by Crippen LogP contribution is 2.25. The lowest BCUT2D eigenvalue weighted by atomic mass is 9.89. The zero-order valence-electron chi connectivity index (χ0n) is 14.5. The van der Waals surface area contributed by atoms with Crippen LogP contribution < -0.4 is 4.90 Å². The molecule has 0 saturated heterocycles. The van der Waals surface area contributed by atoms with Crippen molar-refractivity contribution in [1.29, 1.82) is 0 Å². The van der Waals surface area contributed by atoms with Crippen LogP contribution in [0.15, 0.2) is 41.8 Å². The number of anilines is 1. The molecule has 1 heterocycles. The summed E-state index contributed by atoms with van der Waals surface area (Å²) in [5.41, 5.74) is 0.581. The zero-order valence-corrected chi connectivity index (χ0v) is 15.4. The Bertz CT molecular complexity index is 781. The summed E-state index contributed by atoms with van der Waals surface area (Å²) in [5, 5.41) is 1.13. The van der Waals surface area contributed by atoms with Crippen LogP contribution in [0.5, 0.6) is 0 Å². The van der Waals surface area contributed by atoms with E-state index < -0.39 is 21.8 Å². The molecular formula is C19H23NO5S. The topological polar surface area (TPSA) is 80.8 Å². The summed E-state index contributed by atoms with van der Waals surface area (Å²) in [6.07, 6.45) is 6.26. The molecule has 0 bridgehead atoms. The van der Waals surface area contributed by atoms with Crippen molar-refractivity contribution < 1.29 is 22.7 Å². The number of ether oxygens (including phenoxy) is 1. The smallest absolute Gasteiger partial charge is 0.309 e. The average Bonchev–Trinajstić information content (AvgIpc) is 3.01. The Labute approximate surface area is 153 Å². The van der Waals surface area contributed by atoms with E-state index in [4.69, 9.17) is 4.74 Å². The number of amides is 1. The monoisotopic (exact) mass is 377 g/mol. The highest BCUT2D eigenvalue weighted by molar-refractivity contribution is 7.94. The van der Waals surface area contributed by atoms with Crippen LogP contribution in [0.2, 0.25) is 0 Å². The van der Waals surface area contributed by atoms with E-state index in [1.165, 1.54) is 11.0 Å². The second-order valence-electron chi connectivity index (χ2n) is 6.77. The number of carbonyl (C=O) groups excluding carboxylic acids is 2. The van der Waals surface area contributed by atoms with Crippen LogP contribution in [-0.4, -0.2) is 38.7 Å². The normalized spacial score (nSPS) is 22.1. The van der Waals surface area contributed by atoms with Gasteiger partial charge in [-0.3, -0.25) is 9.59 Å². The molecule has 7 heteroatoms. The quantitative estimate of drug-likeness (QED) is 0.737. The van der Waals surface area contributed by atoms with Gasteiger partial charge in [0, 0.05) is 11.1 Å². The molecular weight excluding hydrogens is 354 g/mol. The van der Waals surface area contributed by atoms with Gasteiger partial charge >= 0.3 is 5.97 Å². The lowest BCUT2D eigenvalue weighted by Crippen LogP contribution is -2.43. The van der Waals surface area contributed by atoms with Gasteiger partial charge in [-0.15, -0.1) is 0 Å². The third-order valence-electron chi connectivity index (χ3n) is 4.82. The van der Waals surface area contributed by atoms with Crippen LogP contribution in [0, 0.1) is 5.92 Å². The minimum Gasteiger partial charge on any atom is -0.455 e. The Hall–Kier alpha value is -2.15. The minimum atomic E-state index is -3.31. The molecule has 1 aromatic carbocycles.